The number of hydrogen-bond donors (Lipinski definition) is 4. The minimum Gasteiger partial charge on any atom is -0.322 e. The first-order valence-electron chi connectivity index (χ1n) is 14.6. The van der Waals surface area contributed by atoms with Crippen molar-refractivity contribution in [2.75, 3.05) is 36.8 Å². The molecule has 4 aromatic rings. The van der Waals surface area contributed by atoms with Gasteiger partial charge in [0.25, 0.3) is 11.8 Å². The summed E-state index contributed by atoms with van der Waals surface area (Å²) in [7, 11) is 0. The predicted molar refractivity (Wildman–Crippen MR) is 177 cm³/mol. The van der Waals surface area contributed by atoms with Crippen molar-refractivity contribution in [1.82, 2.24) is 10.6 Å². The Balaban J connectivity index is 0.000000175. The Morgan fingerprint density at radius 1 is 0.659 bits per heavy atom. The van der Waals surface area contributed by atoms with E-state index in [9.17, 15) is 9.59 Å². The average molecular weight is 627 g/mol. The van der Waals surface area contributed by atoms with Crippen LogP contribution in [0.3, 0.4) is 0 Å². The number of hydrogen-bond acceptors (Lipinski definition) is 5. The third-order valence-electron chi connectivity index (χ3n) is 7.86. The van der Waals surface area contributed by atoms with Crippen molar-refractivity contribution in [2.24, 2.45) is 0 Å². The summed E-state index contributed by atoms with van der Waals surface area (Å²) in [5.74, 6) is 0.775. The molecule has 7 nitrogen and oxygen atoms in total. The monoisotopic (exact) mass is 625 g/mol. The number of nitrogens with one attached hydrogen (secondary N) is 4. The van der Waals surface area contributed by atoms with Crippen molar-refractivity contribution in [2.45, 2.75) is 24.7 Å². The van der Waals surface area contributed by atoms with Crippen LogP contribution in [0.25, 0.3) is 0 Å². The highest BCUT2D eigenvalue weighted by Gasteiger charge is 2.17. The molecule has 2 aliphatic rings. The lowest BCUT2D eigenvalue weighted by Crippen LogP contribution is -2.12. The Kier molecular flexibility index (Phi) is 10.7. The molecule has 9 heteroatoms. The van der Waals surface area contributed by atoms with Crippen LogP contribution < -0.4 is 21.3 Å². The first kappa shape index (κ1) is 31.2. The topological polar surface area (TPSA) is 106 Å². The molecule has 4 aromatic carbocycles. The van der Waals surface area contributed by atoms with Gasteiger partial charge in [0.1, 0.15) is 0 Å². The second kappa shape index (κ2) is 15.0. The van der Waals surface area contributed by atoms with Gasteiger partial charge >= 0.3 is 0 Å². The van der Waals surface area contributed by atoms with E-state index in [1.165, 1.54) is 11.1 Å². The molecule has 0 aromatic heterocycles. The quantitative estimate of drug-likeness (QED) is 0.181. The van der Waals surface area contributed by atoms with Gasteiger partial charge in [-0.3, -0.25) is 9.59 Å². The zero-order chi connectivity index (χ0) is 30.9. The van der Waals surface area contributed by atoms with Crippen LogP contribution in [0.2, 0.25) is 10.0 Å². The molecule has 0 spiro atoms. The van der Waals surface area contributed by atoms with Crippen LogP contribution in [0, 0.1) is 11.3 Å². The van der Waals surface area contributed by atoms with E-state index in [0.717, 1.165) is 50.4 Å². The van der Waals surface area contributed by atoms with E-state index in [1.807, 2.05) is 30.3 Å². The van der Waals surface area contributed by atoms with Crippen LogP contribution in [0.15, 0.2) is 91.0 Å². The number of carbonyl (C=O) groups is 2. The zero-order valence-corrected chi connectivity index (χ0v) is 25.6. The number of nitrogens with zero attached hydrogens (tertiary/aromatic N) is 1. The lowest BCUT2D eigenvalue weighted by molar-refractivity contribution is 0.101. The van der Waals surface area contributed by atoms with Gasteiger partial charge in [0.15, 0.2) is 0 Å². The molecule has 2 fully saturated rings. The van der Waals surface area contributed by atoms with Crippen LogP contribution in [-0.2, 0) is 0 Å². The lowest BCUT2D eigenvalue weighted by Gasteiger charge is -2.10. The van der Waals surface area contributed by atoms with Gasteiger partial charge in [0.05, 0.1) is 21.7 Å². The summed E-state index contributed by atoms with van der Waals surface area (Å²) in [5, 5.41) is 22.0. The molecule has 2 amide bonds. The molecule has 6 rings (SSSR count). The van der Waals surface area contributed by atoms with Gasteiger partial charge < -0.3 is 21.3 Å². The largest absolute Gasteiger partial charge is 0.322 e. The Bertz CT molecular complexity index is 1620. The van der Waals surface area contributed by atoms with Crippen LogP contribution in [0.5, 0.6) is 0 Å². The van der Waals surface area contributed by atoms with Gasteiger partial charge in [-0.25, -0.2) is 0 Å². The third-order valence-corrected chi connectivity index (χ3v) is 8.60. The van der Waals surface area contributed by atoms with Crippen molar-refractivity contribution >= 4 is 46.4 Å². The van der Waals surface area contributed by atoms with E-state index in [2.05, 4.69) is 45.5 Å². The molecule has 2 unspecified atom stereocenters. The molecule has 2 heterocycles. The summed E-state index contributed by atoms with van der Waals surface area (Å²) in [5.41, 5.74) is 5.74. The molecule has 2 aliphatic heterocycles. The number of benzene rings is 4. The molecule has 2 atom stereocenters. The van der Waals surface area contributed by atoms with Gasteiger partial charge in [-0.2, -0.15) is 5.26 Å². The fourth-order valence-electron chi connectivity index (χ4n) is 5.30. The molecule has 0 aliphatic carbocycles. The summed E-state index contributed by atoms with van der Waals surface area (Å²) in [6.45, 7) is 4.19. The van der Waals surface area contributed by atoms with Gasteiger partial charge in [-0.1, -0.05) is 47.5 Å². The molecular formula is C35H33Cl2N5O2. The van der Waals surface area contributed by atoms with E-state index >= 15 is 0 Å². The number of amides is 2. The number of halogens is 2. The Hall–Kier alpha value is -4.19. The summed E-state index contributed by atoms with van der Waals surface area (Å²) in [6.07, 6.45) is 2.33. The highest BCUT2D eigenvalue weighted by atomic mass is 35.5. The van der Waals surface area contributed by atoms with Gasteiger partial charge in [-0.15, -0.1) is 0 Å². The predicted octanol–water partition coefficient (Wildman–Crippen LogP) is 7.21. The minimum absolute atomic E-state index is 0.167. The summed E-state index contributed by atoms with van der Waals surface area (Å²) >= 11 is 11.8. The van der Waals surface area contributed by atoms with Crippen molar-refractivity contribution in [1.29, 1.82) is 5.26 Å². The molecule has 0 radical (unpaired) electrons. The van der Waals surface area contributed by atoms with Crippen molar-refractivity contribution in [3.63, 3.8) is 0 Å². The summed E-state index contributed by atoms with van der Waals surface area (Å²) < 4.78 is 0. The minimum atomic E-state index is -0.200. The van der Waals surface area contributed by atoms with E-state index in [4.69, 9.17) is 28.5 Å². The lowest BCUT2D eigenvalue weighted by atomic mass is 9.98. The summed E-state index contributed by atoms with van der Waals surface area (Å²) in [4.78, 5) is 24.3. The maximum atomic E-state index is 12.2. The van der Waals surface area contributed by atoms with E-state index in [0.29, 0.717) is 38.6 Å². The second-order valence-corrected chi connectivity index (χ2v) is 11.7. The molecule has 2 saturated heterocycles. The van der Waals surface area contributed by atoms with Crippen molar-refractivity contribution in [3.8, 4) is 6.07 Å². The van der Waals surface area contributed by atoms with E-state index in [-0.39, 0.29) is 11.8 Å². The molecule has 0 bridgehead atoms. The first-order chi connectivity index (χ1) is 21.4. The van der Waals surface area contributed by atoms with Crippen LogP contribution >= 0.6 is 23.2 Å². The van der Waals surface area contributed by atoms with Crippen LogP contribution in [-0.4, -0.2) is 38.0 Å². The molecule has 224 valence electrons. The van der Waals surface area contributed by atoms with Gasteiger partial charge in [-0.05, 0) is 116 Å². The Morgan fingerprint density at radius 3 is 1.57 bits per heavy atom. The number of nitriles is 1. The van der Waals surface area contributed by atoms with Gasteiger partial charge in [0, 0.05) is 35.6 Å². The molecule has 4 N–H and O–H groups in total. The first-order valence-corrected chi connectivity index (χ1v) is 15.3. The average Bonchev–Trinajstić information content (AvgIpc) is 3.79. The highest BCUT2D eigenvalue weighted by Crippen LogP contribution is 2.26. The SMILES string of the molecule is N#Cc1ccc(C(=O)Nc2ccc(C3CCNC3)cc2)cc1.O=C(Nc1ccc(C2CCNC2)cc1)c1ccc(Cl)c(Cl)c1. The highest BCUT2D eigenvalue weighted by molar-refractivity contribution is 6.42. The summed E-state index contributed by atoms with van der Waals surface area (Å²) in [6, 6.07) is 29.5. The normalized spacial score (nSPS) is 17.2. The van der Waals surface area contributed by atoms with E-state index in [1.54, 1.807) is 42.5 Å². The number of rotatable bonds is 6. The standard InChI is InChI=1S/C18H17N3O.C17H16Cl2N2O/c19-11-13-1-3-15(4-2-13)18(22)21-17-7-5-14(6-8-17)16-9-10-20-12-16;18-15-6-3-12(9-16(15)19)17(22)21-14-4-1-11(2-5-14)13-7-8-20-10-13/h1-8,16,20H,9-10,12H2,(H,21,22);1-6,9,13,20H,7-8,10H2,(H,21,22). The van der Waals surface area contributed by atoms with Crippen molar-refractivity contribution < 1.29 is 9.59 Å². The Morgan fingerprint density at radius 2 is 1.14 bits per heavy atom. The maximum absolute atomic E-state index is 12.2. The molecule has 44 heavy (non-hydrogen) atoms. The van der Waals surface area contributed by atoms with Crippen LogP contribution in [0.4, 0.5) is 11.4 Å². The van der Waals surface area contributed by atoms with Gasteiger partial charge in [0.2, 0.25) is 0 Å². The fourth-order valence-corrected chi connectivity index (χ4v) is 5.59. The maximum Gasteiger partial charge on any atom is 0.255 e. The third kappa shape index (κ3) is 8.25. The second-order valence-electron chi connectivity index (χ2n) is 10.8. The number of carbonyl (C=O) groups excluding carboxylic acids is 2. The molecular weight excluding hydrogens is 593 g/mol. The zero-order valence-electron chi connectivity index (χ0n) is 24.1. The van der Waals surface area contributed by atoms with E-state index < -0.39 is 0 Å². The number of anilines is 2. The molecule has 0 saturated carbocycles. The van der Waals surface area contributed by atoms with Crippen molar-refractivity contribution in [3.05, 3.63) is 129 Å². The fraction of sp³-hybridized carbons (Fsp3) is 0.229. The van der Waals surface area contributed by atoms with Crippen LogP contribution in [0.1, 0.15) is 62.1 Å². The Labute approximate surface area is 267 Å². The smallest absolute Gasteiger partial charge is 0.255 e.